The van der Waals surface area contributed by atoms with Crippen molar-refractivity contribution in [2.24, 2.45) is 0 Å². The van der Waals surface area contributed by atoms with Crippen LogP contribution in [0.15, 0.2) is 45.8 Å². The van der Waals surface area contributed by atoms with E-state index in [4.69, 9.17) is 5.11 Å². The molecule has 0 unspecified atom stereocenters. The zero-order valence-electron chi connectivity index (χ0n) is 15.5. The Morgan fingerprint density at radius 3 is 2.04 bits per heavy atom. The van der Waals surface area contributed by atoms with Crippen LogP contribution in [-0.2, 0) is 15.2 Å². The third kappa shape index (κ3) is 6.87. The number of nitrogens with one attached hydrogen (secondary N) is 1. The highest BCUT2D eigenvalue weighted by Gasteiger charge is 2.34. The first-order valence-electron chi connectivity index (χ1n) is 9.15. The molecule has 3 rings (SSSR count). The van der Waals surface area contributed by atoms with Gasteiger partial charge in [0.05, 0.1) is 25.6 Å². The molecule has 0 saturated carbocycles. The molecule has 8 heteroatoms. The molecule has 1 fully saturated rings. The second-order valence-electron chi connectivity index (χ2n) is 6.69. The Kier molecular flexibility index (Phi) is 8.85. The van der Waals surface area contributed by atoms with Gasteiger partial charge in [0.25, 0.3) is 0 Å². The fourth-order valence-electron chi connectivity index (χ4n) is 3.25. The Bertz CT molecular complexity index is 699. The molecule has 6 nitrogen and oxygen atoms in total. The topological polar surface area (TPSA) is 102 Å². The average molecular weight is 424 g/mol. The molecule has 28 heavy (non-hydrogen) atoms. The lowest BCUT2D eigenvalue weighted by atomic mass is 9.86. The normalized spacial score (nSPS) is 15.2. The maximum absolute atomic E-state index is 11.3. The van der Waals surface area contributed by atoms with Gasteiger partial charge in [-0.25, -0.2) is 4.79 Å². The van der Waals surface area contributed by atoms with E-state index in [-0.39, 0.29) is 0 Å². The second kappa shape index (κ2) is 11.1. The van der Waals surface area contributed by atoms with Gasteiger partial charge in [-0.05, 0) is 70.1 Å². The number of thiophene rings is 2. The number of hydrogen-bond acceptors (Lipinski definition) is 6. The van der Waals surface area contributed by atoms with E-state index in [1.807, 2.05) is 0 Å². The first-order chi connectivity index (χ1) is 13.4. The van der Waals surface area contributed by atoms with Crippen LogP contribution in [0.2, 0.25) is 0 Å². The lowest BCUT2D eigenvalue weighted by Gasteiger charge is -2.30. The monoisotopic (exact) mass is 423 g/mol. The van der Waals surface area contributed by atoms with Crippen molar-refractivity contribution in [1.29, 1.82) is 0 Å². The summed E-state index contributed by atoms with van der Waals surface area (Å²) in [7, 11) is 0. The van der Waals surface area contributed by atoms with Crippen molar-refractivity contribution in [3.8, 4) is 0 Å². The van der Waals surface area contributed by atoms with Gasteiger partial charge in [-0.15, -0.1) is 0 Å². The van der Waals surface area contributed by atoms with Crippen LogP contribution in [0.3, 0.4) is 0 Å². The first-order valence-corrected chi connectivity index (χ1v) is 11.0. The predicted octanol–water partition coefficient (Wildman–Crippen LogP) is 0.882. The molecular formula is C20H25NO5S2. The van der Waals surface area contributed by atoms with Crippen molar-refractivity contribution in [2.75, 3.05) is 19.6 Å². The Morgan fingerprint density at radius 2 is 1.64 bits per heavy atom. The Balaban J connectivity index is 0.000000300. The molecule has 2 aromatic heterocycles. The highest BCUT2D eigenvalue weighted by molar-refractivity contribution is 7.08. The molecule has 3 heterocycles. The molecule has 2 aromatic rings. The number of likely N-dealkylation sites (tertiary alicyclic amines) is 1. The summed E-state index contributed by atoms with van der Waals surface area (Å²) in [5.74, 6) is -2.80. The van der Waals surface area contributed by atoms with Crippen molar-refractivity contribution in [3.05, 3.63) is 56.9 Å². The van der Waals surface area contributed by atoms with Crippen molar-refractivity contribution in [3.63, 3.8) is 0 Å². The minimum Gasteiger partial charge on any atom is -0.545 e. The minimum atomic E-state index is -1.51. The van der Waals surface area contributed by atoms with Crippen molar-refractivity contribution >= 4 is 34.6 Å². The highest BCUT2D eigenvalue weighted by atomic mass is 32.1. The Hall–Kier alpha value is -2.00. The van der Waals surface area contributed by atoms with Crippen molar-refractivity contribution in [1.82, 2.24) is 0 Å². The zero-order valence-corrected chi connectivity index (χ0v) is 17.1. The van der Waals surface area contributed by atoms with E-state index in [0.29, 0.717) is 12.2 Å². The summed E-state index contributed by atoms with van der Waals surface area (Å²) >= 11 is 3.32. The van der Waals surface area contributed by atoms with E-state index in [0.717, 1.165) is 24.1 Å². The van der Waals surface area contributed by atoms with Crippen LogP contribution in [0.1, 0.15) is 36.8 Å². The number of carboxylic acid groups (broad SMARTS) is 2. The van der Waals surface area contributed by atoms with E-state index < -0.39 is 17.5 Å². The SMILES string of the molecule is O=C([O-])/C=C/C(=O)O.OC(CC[NH+]1CCCCC1)(c1ccsc1)c1ccsc1. The number of hydrogen-bond donors (Lipinski definition) is 3. The number of aliphatic carboxylic acids is 2. The van der Waals surface area contributed by atoms with E-state index in [9.17, 15) is 19.8 Å². The fourth-order valence-corrected chi connectivity index (χ4v) is 4.70. The number of aliphatic hydroxyl groups is 1. The van der Waals surface area contributed by atoms with E-state index in [2.05, 4.69) is 33.7 Å². The predicted molar refractivity (Wildman–Crippen MR) is 107 cm³/mol. The molecule has 0 spiro atoms. The fraction of sp³-hybridized carbons (Fsp3) is 0.400. The highest BCUT2D eigenvalue weighted by Crippen LogP contribution is 2.35. The van der Waals surface area contributed by atoms with Crippen molar-refractivity contribution < 1.29 is 29.8 Å². The van der Waals surface area contributed by atoms with Crippen LogP contribution in [0.5, 0.6) is 0 Å². The van der Waals surface area contributed by atoms with Crippen LogP contribution in [0.25, 0.3) is 0 Å². The lowest BCUT2D eigenvalue weighted by Crippen LogP contribution is -3.13. The number of piperidine rings is 1. The molecule has 0 aromatic carbocycles. The van der Waals surface area contributed by atoms with Gasteiger partial charge in [-0.3, -0.25) is 0 Å². The number of carboxylic acids is 2. The van der Waals surface area contributed by atoms with Gasteiger partial charge in [0.2, 0.25) is 0 Å². The molecule has 0 aliphatic carbocycles. The summed E-state index contributed by atoms with van der Waals surface area (Å²) in [6.07, 6.45) is 5.81. The van der Waals surface area contributed by atoms with Gasteiger partial charge in [0, 0.05) is 12.5 Å². The zero-order chi connectivity index (χ0) is 20.4. The summed E-state index contributed by atoms with van der Waals surface area (Å²) in [4.78, 5) is 20.6. The van der Waals surface area contributed by atoms with Gasteiger partial charge in [0.1, 0.15) is 5.60 Å². The van der Waals surface area contributed by atoms with Gasteiger partial charge in [-0.1, -0.05) is 0 Å². The van der Waals surface area contributed by atoms with Crippen LogP contribution in [0.4, 0.5) is 0 Å². The number of rotatable bonds is 7. The summed E-state index contributed by atoms with van der Waals surface area (Å²) in [5, 5.41) is 36.8. The van der Waals surface area contributed by atoms with E-state index in [1.165, 1.54) is 32.4 Å². The smallest absolute Gasteiger partial charge is 0.328 e. The number of carbonyl (C=O) groups excluding carboxylic acids is 1. The van der Waals surface area contributed by atoms with Crippen LogP contribution >= 0.6 is 22.7 Å². The Morgan fingerprint density at radius 1 is 1.07 bits per heavy atom. The number of carbonyl (C=O) groups is 2. The van der Waals surface area contributed by atoms with E-state index in [1.54, 1.807) is 27.6 Å². The van der Waals surface area contributed by atoms with Crippen LogP contribution < -0.4 is 10.0 Å². The largest absolute Gasteiger partial charge is 0.545 e. The average Bonchev–Trinajstić information content (AvgIpc) is 3.40. The van der Waals surface area contributed by atoms with Gasteiger partial charge in [0.15, 0.2) is 0 Å². The molecule has 1 aliphatic rings. The lowest BCUT2D eigenvalue weighted by molar-refractivity contribution is -0.905. The van der Waals surface area contributed by atoms with Gasteiger partial charge in [-0.2, -0.15) is 22.7 Å². The molecule has 152 valence electrons. The summed E-state index contributed by atoms with van der Waals surface area (Å²) in [6.45, 7) is 3.59. The molecule has 0 atom stereocenters. The third-order valence-electron chi connectivity index (χ3n) is 4.76. The summed E-state index contributed by atoms with van der Waals surface area (Å²) in [6, 6.07) is 4.13. The molecule has 0 bridgehead atoms. The molecule has 0 amide bonds. The maximum atomic E-state index is 11.3. The van der Waals surface area contributed by atoms with Gasteiger partial charge >= 0.3 is 5.97 Å². The molecule has 0 radical (unpaired) electrons. The van der Waals surface area contributed by atoms with Gasteiger partial charge < -0.3 is 25.0 Å². The minimum absolute atomic E-state index is 0.447. The summed E-state index contributed by atoms with van der Waals surface area (Å²) in [5.41, 5.74) is 1.30. The van der Waals surface area contributed by atoms with Crippen molar-refractivity contribution in [2.45, 2.75) is 31.3 Å². The molecular weight excluding hydrogens is 398 g/mol. The third-order valence-corrected chi connectivity index (χ3v) is 6.13. The van der Waals surface area contributed by atoms with Crippen LogP contribution in [0, 0.1) is 0 Å². The molecule has 1 aliphatic heterocycles. The van der Waals surface area contributed by atoms with E-state index >= 15 is 0 Å². The Labute approximate surface area is 172 Å². The quantitative estimate of drug-likeness (QED) is 0.574. The number of quaternary nitrogens is 1. The second-order valence-corrected chi connectivity index (χ2v) is 8.25. The van der Waals surface area contributed by atoms with Crippen LogP contribution in [-0.4, -0.2) is 41.8 Å². The maximum Gasteiger partial charge on any atom is 0.328 e. The first kappa shape index (κ1) is 22.3. The molecule has 1 saturated heterocycles. The molecule has 3 N–H and O–H groups in total. The standard InChI is InChI=1S/C16H21NOS2.C4H4O4/c18-16(14-4-10-19-12-14,15-5-11-20-13-15)6-9-17-7-2-1-3-8-17;5-3(6)1-2-4(7)8/h4-5,10-13,18H,1-3,6-9H2;1-2H,(H,5,6)(H,7,8)/b;2-1+. The summed E-state index contributed by atoms with van der Waals surface area (Å²) < 4.78 is 0.